The van der Waals surface area contributed by atoms with Crippen LogP contribution in [-0.2, 0) is 5.41 Å². The zero-order valence-corrected chi connectivity index (χ0v) is 25.2. The summed E-state index contributed by atoms with van der Waals surface area (Å²) in [4.78, 5) is 0. The Morgan fingerprint density at radius 3 is 1.68 bits per heavy atom. The monoisotopic (exact) mass is 562 g/mol. The standard InChI is InChI=1S/C44H34/c1-30(2)39-27-32-17-14-23-36(31-15-6-3-7-16-31)40(32)29-41(39)33-25-26-38-37-22-12-13-24-42(37)44(43(38)28-33,34-18-8-4-9-19-34)35-20-10-5-11-21-35/h3-30H,1-2H3. The van der Waals surface area contributed by atoms with Crippen molar-refractivity contribution >= 4 is 10.8 Å². The van der Waals surface area contributed by atoms with Gasteiger partial charge in [0.15, 0.2) is 0 Å². The van der Waals surface area contributed by atoms with Gasteiger partial charge in [0.05, 0.1) is 5.41 Å². The molecular weight excluding hydrogens is 528 g/mol. The van der Waals surface area contributed by atoms with Crippen LogP contribution in [0.5, 0.6) is 0 Å². The number of fused-ring (bicyclic) bond motifs is 4. The highest BCUT2D eigenvalue weighted by atomic mass is 14.5. The van der Waals surface area contributed by atoms with Crippen molar-refractivity contribution in [2.75, 3.05) is 0 Å². The van der Waals surface area contributed by atoms with Crippen LogP contribution in [-0.4, -0.2) is 0 Å². The summed E-state index contributed by atoms with van der Waals surface area (Å²) in [6.45, 7) is 4.63. The summed E-state index contributed by atoms with van der Waals surface area (Å²) in [5.41, 5.74) is 14.0. The molecule has 0 aromatic heterocycles. The SMILES string of the molecule is CC(C)c1cc2cccc(-c3ccccc3)c2cc1-c1ccc2c(c1)C(c1ccccc1)(c1ccccc1)c1ccccc1-2. The van der Waals surface area contributed by atoms with E-state index in [-0.39, 0.29) is 0 Å². The Morgan fingerprint density at radius 2 is 1.00 bits per heavy atom. The molecule has 0 atom stereocenters. The first kappa shape index (κ1) is 26.4. The lowest BCUT2D eigenvalue weighted by Gasteiger charge is -2.34. The van der Waals surface area contributed by atoms with E-state index in [1.54, 1.807) is 0 Å². The lowest BCUT2D eigenvalue weighted by atomic mass is 9.67. The Kier molecular flexibility index (Phi) is 6.31. The molecule has 0 radical (unpaired) electrons. The summed E-state index contributed by atoms with van der Waals surface area (Å²) >= 11 is 0. The lowest BCUT2D eigenvalue weighted by Crippen LogP contribution is -2.28. The molecule has 0 bridgehead atoms. The van der Waals surface area contributed by atoms with E-state index < -0.39 is 5.41 Å². The molecule has 0 saturated heterocycles. The van der Waals surface area contributed by atoms with Crippen molar-refractivity contribution < 1.29 is 0 Å². The van der Waals surface area contributed by atoms with Gasteiger partial charge in [-0.05, 0) is 90.0 Å². The molecule has 0 aliphatic heterocycles. The van der Waals surface area contributed by atoms with Crippen LogP contribution in [0.25, 0.3) is 44.2 Å². The minimum atomic E-state index is -0.408. The van der Waals surface area contributed by atoms with Gasteiger partial charge >= 0.3 is 0 Å². The predicted octanol–water partition coefficient (Wildman–Crippen LogP) is 11.7. The molecule has 0 saturated carbocycles. The molecule has 0 amide bonds. The van der Waals surface area contributed by atoms with Gasteiger partial charge in [0, 0.05) is 0 Å². The molecule has 0 unspecified atom stereocenters. The second-order valence-electron chi connectivity index (χ2n) is 12.3. The van der Waals surface area contributed by atoms with Crippen LogP contribution in [0.3, 0.4) is 0 Å². The van der Waals surface area contributed by atoms with Crippen molar-refractivity contribution in [3.05, 3.63) is 192 Å². The van der Waals surface area contributed by atoms with Crippen LogP contribution in [0.2, 0.25) is 0 Å². The van der Waals surface area contributed by atoms with Gasteiger partial charge in [-0.25, -0.2) is 0 Å². The average Bonchev–Trinajstić information content (AvgIpc) is 3.39. The highest BCUT2D eigenvalue weighted by Gasteiger charge is 2.46. The van der Waals surface area contributed by atoms with Crippen molar-refractivity contribution in [1.29, 1.82) is 0 Å². The molecule has 0 spiro atoms. The van der Waals surface area contributed by atoms with E-state index in [4.69, 9.17) is 0 Å². The van der Waals surface area contributed by atoms with Gasteiger partial charge < -0.3 is 0 Å². The molecule has 7 aromatic rings. The number of rotatable bonds is 5. The van der Waals surface area contributed by atoms with Crippen LogP contribution in [0.4, 0.5) is 0 Å². The van der Waals surface area contributed by atoms with Crippen molar-refractivity contribution in [2.45, 2.75) is 25.2 Å². The van der Waals surface area contributed by atoms with Crippen LogP contribution in [0, 0.1) is 0 Å². The minimum absolute atomic E-state index is 0.383. The lowest BCUT2D eigenvalue weighted by molar-refractivity contribution is 0.768. The van der Waals surface area contributed by atoms with E-state index in [0.29, 0.717) is 5.92 Å². The Hall–Kier alpha value is -5.20. The fourth-order valence-corrected chi connectivity index (χ4v) is 7.55. The maximum absolute atomic E-state index is 2.49. The Bertz CT molecular complexity index is 2080. The largest absolute Gasteiger partial charge is 0.0713 e. The van der Waals surface area contributed by atoms with E-state index in [1.807, 2.05) is 0 Å². The van der Waals surface area contributed by atoms with Crippen molar-refractivity contribution in [3.63, 3.8) is 0 Å². The Morgan fingerprint density at radius 1 is 0.409 bits per heavy atom. The third kappa shape index (κ3) is 3.98. The molecular formula is C44H34. The zero-order chi connectivity index (χ0) is 29.7. The summed E-state index contributed by atoms with van der Waals surface area (Å²) in [6, 6.07) is 60.7. The van der Waals surface area contributed by atoms with Gasteiger partial charge in [0.2, 0.25) is 0 Å². The topological polar surface area (TPSA) is 0 Å². The molecule has 210 valence electrons. The molecule has 0 heterocycles. The van der Waals surface area contributed by atoms with E-state index in [2.05, 4.69) is 178 Å². The Balaban J connectivity index is 1.44. The van der Waals surface area contributed by atoms with E-state index >= 15 is 0 Å². The molecule has 0 fully saturated rings. The smallest absolute Gasteiger partial charge is 0.0622 e. The second kappa shape index (κ2) is 10.5. The third-order valence-electron chi connectivity index (χ3n) is 9.53. The first-order valence-corrected chi connectivity index (χ1v) is 15.6. The van der Waals surface area contributed by atoms with Gasteiger partial charge in [-0.15, -0.1) is 0 Å². The molecule has 0 heteroatoms. The van der Waals surface area contributed by atoms with Crippen molar-refractivity contribution in [3.8, 4) is 33.4 Å². The number of hydrogen-bond acceptors (Lipinski definition) is 0. The van der Waals surface area contributed by atoms with Gasteiger partial charge in [-0.3, -0.25) is 0 Å². The van der Waals surface area contributed by atoms with Crippen molar-refractivity contribution in [2.24, 2.45) is 0 Å². The van der Waals surface area contributed by atoms with Gasteiger partial charge in [0.25, 0.3) is 0 Å². The van der Waals surface area contributed by atoms with Gasteiger partial charge in [0.1, 0.15) is 0 Å². The molecule has 7 aromatic carbocycles. The zero-order valence-electron chi connectivity index (χ0n) is 25.2. The van der Waals surface area contributed by atoms with Crippen LogP contribution in [0.1, 0.15) is 47.6 Å². The average molecular weight is 563 g/mol. The number of hydrogen-bond donors (Lipinski definition) is 0. The summed E-state index contributed by atoms with van der Waals surface area (Å²) in [7, 11) is 0. The molecule has 0 N–H and O–H groups in total. The van der Waals surface area contributed by atoms with Crippen molar-refractivity contribution in [1.82, 2.24) is 0 Å². The van der Waals surface area contributed by atoms with E-state index in [9.17, 15) is 0 Å². The molecule has 1 aliphatic rings. The summed E-state index contributed by atoms with van der Waals surface area (Å²) in [5.74, 6) is 0.383. The maximum Gasteiger partial charge on any atom is 0.0713 e. The van der Waals surface area contributed by atoms with Gasteiger partial charge in [-0.2, -0.15) is 0 Å². The first-order chi connectivity index (χ1) is 21.7. The van der Waals surface area contributed by atoms with E-state index in [0.717, 1.165) is 0 Å². The van der Waals surface area contributed by atoms with Crippen LogP contribution >= 0.6 is 0 Å². The normalized spacial score (nSPS) is 13.2. The summed E-state index contributed by atoms with van der Waals surface area (Å²) in [6.07, 6.45) is 0. The Labute approximate surface area is 260 Å². The highest BCUT2D eigenvalue weighted by molar-refractivity contribution is 6.00. The molecule has 44 heavy (non-hydrogen) atoms. The fourth-order valence-electron chi connectivity index (χ4n) is 7.55. The van der Waals surface area contributed by atoms with Crippen LogP contribution < -0.4 is 0 Å². The third-order valence-corrected chi connectivity index (χ3v) is 9.53. The highest BCUT2D eigenvalue weighted by Crippen LogP contribution is 2.57. The molecule has 8 rings (SSSR count). The number of benzene rings is 7. The predicted molar refractivity (Wildman–Crippen MR) is 186 cm³/mol. The summed E-state index contributed by atoms with van der Waals surface area (Å²) < 4.78 is 0. The summed E-state index contributed by atoms with van der Waals surface area (Å²) in [5, 5.41) is 2.58. The van der Waals surface area contributed by atoms with E-state index in [1.165, 1.54) is 72.0 Å². The first-order valence-electron chi connectivity index (χ1n) is 15.6. The molecule has 0 nitrogen and oxygen atoms in total. The second-order valence-corrected chi connectivity index (χ2v) is 12.3. The fraction of sp³-hybridized carbons (Fsp3) is 0.0909. The molecule has 1 aliphatic carbocycles. The maximum atomic E-state index is 2.49. The quantitative estimate of drug-likeness (QED) is 0.196. The van der Waals surface area contributed by atoms with Gasteiger partial charge in [-0.1, -0.05) is 166 Å². The minimum Gasteiger partial charge on any atom is -0.0622 e. The van der Waals surface area contributed by atoms with Crippen LogP contribution in [0.15, 0.2) is 164 Å².